The predicted octanol–water partition coefficient (Wildman–Crippen LogP) is 0.799. The zero-order valence-corrected chi connectivity index (χ0v) is 10.4. The van der Waals surface area contributed by atoms with Gasteiger partial charge in [0.1, 0.15) is 0 Å². The van der Waals surface area contributed by atoms with Crippen LogP contribution in [-0.2, 0) is 9.53 Å². The van der Waals surface area contributed by atoms with Gasteiger partial charge < -0.3 is 15.0 Å². The van der Waals surface area contributed by atoms with E-state index in [0.717, 1.165) is 26.1 Å². The van der Waals surface area contributed by atoms with E-state index in [-0.39, 0.29) is 12.4 Å². The van der Waals surface area contributed by atoms with E-state index in [1.54, 1.807) is 0 Å². The fourth-order valence-corrected chi connectivity index (χ4v) is 2.27. The van der Waals surface area contributed by atoms with Gasteiger partial charge in [-0.25, -0.2) is 0 Å². The van der Waals surface area contributed by atoms with Crippen LogP contribution in [0.25, 0.3) is 0 Å². The molecule has 2 aliphatic rings. The third-order valence-electron chi connectivity index (χ3n) is 3.23. The van der Waals surface area contributed by atoms with Crippen LogP contribution < -0.4 is 5.32 Å². The Labute approximate surface area is 103 Å². The van der Waals surface area contributed by atoms with Crippen molar-refractivity contribution in [3.63, 3.8) is 0 Å². The van der Waals surface area contributed by atoms with Gasteiger partial charge in [0.2, 0.25) is 5.91 Å². The molecule has 16 heavy (non-hydrogen) atoms. The van der Waals surface area contributed by atoms with E-state index in [1.807, 2.05) is 4.90 Å². The lowest BCUT2D eigenvalue weighted by Gasteiger charge is -2.27. The molecule has 1 atom stereocenters. The summed E-state index contributed by atoms with van der Waals surface area (Å²) in [6, 6.07) is 0.579. The topological polar surface area (TPSA) is 41.6 Å². The first kappa shape index (κ1) is 13.7. The molecule has 1 N–H and O–H groups in total. The van der Waals surface area contributed by atoms with E-state index >= 15 is 0 Å². The third-order valence-corrected chi connectivity index (χ3v) is 3.23. The number of rotatable bonds is 3. The van der Waals surface area contributed by atoms with E-state index in [4.69, 9.17) is 4.74 Å². The number of ether oxygens (including phenoxy) is 1. The molecule has 0 aromatic carbocycles. The predicted molar refractivity (Wildman–Crippen MR) is 64.9 cm³/mol. The van der Waals surface area contributed by atoms with Gasteiger partial charge in [-0.1, -0.05) is 0 Å². The van der Waals surface area contributed by atoms with Gasteiger partial charge in [-0.05, 0) is 25.8 Å². The first-order valence-corrected chi connectivity index (χ1v) is 5.95. The van der Waals surface area contributed by atoms with Crippen molar-refractivity contribution in [1.29, 1.82) is 0 Å². The molecule has 0 aliphatic carbocycles. The van der Waals surface area contributed by atoms with Crippen molar-refractivity contribution in [2.24, 2.45) is 0 Å². The molecule has 2 fully saturated rings. The Hall–Kier alpha value is -0.320. The monoisotopic (exact) mass is 248 g/mol. The average Bonchev–Trinajstić information content (AvgIpc) is 2.80. The van der Waals surface area contributed by atoms with Crippen LogP contribution in [0, 0.1) is 0 Å². The number of hydrogen-bond acceptors (Lipinski definition) is 3. The van der Waals surface area contributed by atoms with Crippen molar-refractivity contribution in [2.75, 3.05) is 32.8 Å². The molecule has 0 radical (unpaired) electrons. The van der Waals surface area contributed by atoms with Crippen molar-refractivity contribution < 1.29 is 9.53 Å². The second-order valence-corrected chi connectivity index (χ2v) is 4.33. The van der Waals surface area contributed by atoms with Gasteiger partial charge in [0.25, 0.3) is 0 Å². The van der Waals surface area contributed by atoms with Crippen LogP contribution in [0.1, 0.15) is 25.7 Å². The Balaban J connectivity index is 0.00000128. The zero-order valence-electron chi connectivity index (χ0n) is 9.61. The molecule has 2 rings (SSSR count). The third kappa shape index (κ3) is 3.92. The highest BCUT2D eigenvalue weighted by Gasteiger charge is 2.19. The minimum atomic E-state index is 0. The minimum Gasteiger partial charge on any atom is -0.378 e. The van der Waals surface area contributed by atoms with Crippen LogP contribution >= 0.6 is 12.4 Å². The van der Waals surface area contributed by atoms with Crippen molar-refractivity contribution >= 4 is 18.3 Å². The van der Waals surface area contributed by atoms with Crippen molar-refractivity contribution in [1.82, 2.24) is 10.2 Å². The fraction of sp³-hybridized carbons (Fsp3) is 0.909. The molecule has 1 unspecified atom stereocenters. The Kier molecular flexibility index (Phi) is 6.09. The minimum absolute atomic E-state index is 0. The Bertz CT molecular complexity index is 214. The van der Waals surface area contributed by atoms with Crippen molar-refractivity contribution in [2.45, 2.75) is 31.7 Å². The van der Waals surface area contributed by atoms with Crippen LogP contribution in [0.4, 0.5) is 0 Å². The number of hydrogen-bond donors (Lipinski definition) is 1. The lowest BCUT2D eigenvalue weighted by molar-refractivity contribution is -0.135. The first-order chi connectivity index (χ1) is 7.36. The van der Waals surface area contributed by atoms with E-state index in [9.17, 15) is 4.79 Å². The average molecular weight is 249 g/mol. The lowest BCUT2D eigenvalue weighted by Crippen LogP contribution is -2.41. The molecule has 0 spiro atoms. The number of nitrogens with one attached hydrogen (secondary N) is 1. The van der Waals surface area contributed by atoms with E-state index in [0.29, 0.717) is 31.6 Å². The maximum atomic E-state index is 11.8. The van der Waals surface area contributed by atoms with Gasteiger partial charge >= 0.3 is 0 Å². The summed E-state index contributed by atoms with van der Waals surface area (Å²) in [6.45, 7) is 4.07. The standard InChI is InChI=1S/C11H20N2O2.ClH/c14-11(13-6-8-15-9-7-13)4-3-10-2-1-5-12-10;/h10,12H,1-9H2;1H. The number of halogens is 1. The quantitative estimate of drug-likeness (QED) is 0.803. The van der Waals surface area contributed by atoms with Crippen LogP contribution in [-0.4, -0.2) is 49.7 Å². The number of amides is 1. The van der Waals surface area contributed by atoms with E-state index < -0.39 is 0 Å². The number of morpholine rings is 1. The van der Waals surface area contributed by atoms with Gasteiger partial charge in [-0.3, -0.25) is 4.79 Å². The summed E-state index contributed by atoms with van der Waals surface area (Å²) in [4.78, 5) is 13.7. The Morgan fingerprint density at radius 1 is 1.38 bits per heavy atom. The second kappa shape index (κ2) is 7.09. The zero-order chi connectivity index (χ0) is 10.5. The summed E-state index contributed by atoms with van der Waals surface area (Å²) < 4.78 is 5.22. The maximum Gasteiger partial charge on any atom is 0.222 e. The smallest absolute Gasteiger partial charge is 0.222 e. The summed E-state index contributed by atoms with van der Waals surface area (Å²) >= 11 is 0. The van der Waals surface area contributed by atoms with Crippen LogP contribution in [0.3, 0.4) is 0 Å². The first-order valence-electron chi connectivity index (χ1n) is 5.95. The summed E-state index contributed by atoms with van der Waals surface area (Å²) in [5.74, 6) is 0.298. The van der Waals surface area contributed by atoms with Crippen LogP contribution in [0.2, 0.25) is 0 Å². The lowest BCUT2D eigenvalue weighted by atomic mass is 10.1. The van der Waals surface area contributed by atoms with Gasteiger partial charge in [0, 0.05) is 25.6 Å². The highest BCUT2D eigenvalue weighted by molar-refractivity contribution is 5.85. The number of nitrogens with zero attached hydrogens (tertiary/aromatic N) is 1. The fourth-order valence-electron chi connectivity index (χ4n) is 2.27. The molecule has 94 valence electrons. The molecule has 2 heterocycles. The molecule has 2 saturated heterocycles. The summed E-state index contributed by atoms with van der Waals surface area (Å²) in [6.07, 6.45) is 4.18. The molecule has 5 heteroatoms. The number of carbonyl (C=O) groups is 1. The van der Waals surface area contributed by atoms with Gasteiger partial charge in [0.15, 0.2) is 0 Å². The molecule has 1 amide bonds. The summed E-state index contributed by atoms with van der Waals surface area (Å²) in [5, 5.41) is 3.42. The van der Waals surface area contributed by atoms with Gasteiger partial charge in [0.05, 0.1) is 13.2 Å². The molecule has 0 bridgehead atoms. The Morgan fingerprint density at radius 2 is 2.12 bits per heavy atom. The van der Waals surface area contributed by atoms with Gasteiger partial charge in [-0.2, -0.15) is 0 Å². The highest BCUT2D eigenvalue weighted by Crippen LogP contribution is 2.12. The van der Waals surface area contributed by atoms with E-state index in [2.05, 4.69) is 5.32 Å². The molecule has 0 aromatic heterocycles. The van der Waals surface area contributed by atoms with Crippen molar-refractivity contribution in [3.8, 4) is 0 Å². The largest absolute Gasteiger partial charge is 0.378 e. The van der Waals surface area contributed by atoms with Gasteiger partial charge in [-0.15, -0.1) is 12.4 Å². The molecular weight excluding hydrogens is 228 g/mol. The maximum absolute atomic E-state index is 11.8. The summed E-state index contributed by atoms with van der Waals surface area (Å²) in [7, 11) is 0. The molecular formula is C11H21ClN2O2. The van der Waals surface area contributed by atoms with Crippen LogP contribution in [0.5, 0.6) is 0 Å². The molecule has 2 aliphatic heterocycles. The van der Waals surface area contributed by atoms with E-state index in [1.165, 1.54) is 12.8 Å². The molecule has 0 aromatic rings. The number of carbonyl (C=O) groups excluding carboxylic acids is 1. The Morgan fingerprint density at radius 3 is 2.75 bits per heavy atom. The molecule has 0 saturated carbocycles. The highest BCUT2D eigenvalue weighted by atomic mass is 35.5. The normalized spacial score (nSPS) is 25.2. The second-order valence-electron chi connectivity index (χ2n) is 4.33. The summed E-state index contributed by atoms with van der Waals surface area (Å²) in [5.41, 5.74) is 0. The van der Waals surface area contributed by atoms with Crippen LogP contribution in [0.15, 0.2) is 0 Å². The SMILES string of the molecule is Cl.O=C(CCC1CCCN1)N1CCOCC1. The molecule has 4 nitrogen and oxygen atoms in total. The van der Waals surface area contributed by atoms with Crippen molar-refractivity contribution in [3.05, 3.63) is 0 Å².